The first-order valence-corrected chi connectivity index (χ1v) is 11.2. The van der Waals surface area contributed by atoms with E-state index in [1.165, 1.54) is 22.8 Å². The molecular formula is C21H19F8N7O. The van der Waals surface area contributed by atoms with E-state index in [1.54, 1.807) is 4.90 Å². The SMILES string of the molecule is FC(F)(F)c1cc(N2C[C@H]3CC[C@@H](C2)[C@@H]3Nc2nc3c(OCC(F)(F)C(F)(F)F)cccn3n2)ncn1. The van der Waals surface area contributed by atoms with Crippen LogP contribution < -0.4 is 15.0 Å². The molecule has 0 radical (unpaired) electrons. The second kappa shape index (κ2) is 8.83. The lowest BCUT2D eigenvalue weighted by molar-refractivity contribution is -0.289. The Morgan fingerprint density at radius 1 is 1.00 bits per heavy atom. The highest BCUT2D eigenvalue weighted by Crippen LogP contribution is 2.40. The molecule has 1 aliphatic heterocycles. The lowest BCUT2D eigenvalue weighted by atomic mass is 9.92. The molecule has 8 nitrogen and oxygen atoms in total. The molecule has 200 valence electrons. The number of halogens is 8. The van der Waals surface area contributed by atoms with Crippen molar-refractivity contribution in [3.05, 3.63) is 36.4 Å². The topological polar surface area (TPSA) is 80.5 Å². The molecule has 0 aromatic carbocycles. The molecule has 2 aliphatic rings. The third kappa shape index (κ3) is 4.92. The van der Waals surface area contributed by atoms with Crippen molar-refractivity contribution in [2.24, 2.45) is 11.8 Å². The van der Waals surface area contributed by atoms with Gasteiger partial charge in [0.15, 0.2) is 18.0 Å². The number of anilines is 2. The normalized spacial score (nSPS) is 22.5. The number of pyridine rings is 1. The van der Waals surface area contributed by atoms with E-state index in [1.807, 2.05) is 0 Å². The molecule has 1 N–H and O–H groups in total. The zero-order valence-corrected chi connectivity index (χ0v) is 18.8. The molecule has 2 bridgehead atoms. The van der Waals surface area contributed by atoms with Gasteiger partial charge in [0.25, 0.3) is 0 Å². The Hall–Kier alpha value is -3.46. The quantitative estimate of drug-likeness (QED) is 0.466. The highest BCUT2D eigenvalue weighted by atomic mass is 19.4. The maximum Gasteiger partial charge on any atom is 0.456 e. The Bertz CT molecular complexity index is 1260. The minimum atomic E-state index is -5.76. The highest BCUT2D eigenvalue weighted by molar-refractivity contribution is 5.56. The van der Waals surface area contributed by atoms with Gasteiger partial charge in [-0.15, -0.1) is 5.10 Å². The van der Waals surface area contributed by atoms with Crippen LogP contribution in [0.1, 0.15) is 18.5 Å². The van der Waals surface area contributed by atoms with Crippen LogP contribution in [0, 0.1) is 11.8 Å². The van der Waals surface area contributed by atoms with Gasteiger partial charge in [0.2, 0.25) is 5.95 Å². The molecule has 1 saturated carbocycles. The molecule has 3 aromatic rings. The number of hydrogen-bond acceptors (Lipinski definition) is 7. The van der Waals surface area contributed by atoms with Crippen molar-refractivity contribution >= 4 is 17.4 Å². The number of aromatic nitrogens is 5. The van der Waals surface area contributed by atoms with Crippen molar-refractivity contribution in [2.45, 2.75) is 37.2 Å². The van der Waals surface area contributed by atoms with Gasteiger partial charge in [0, 0.05) is 31.4 Å². The Balaban J connectivity index is 1.29. The number of piperidine rings is 1. The second-order valence-electron chi connectivity index (χ2n) is 9.00. The molecule has 3 aromatic heterocycles. The van der Waals surface area contributed by atoms with Gasteiger partial charge in [-0.3, -0.25) is 0 Å². The van der Waals surface area contributed by atoms with E-state index in [-0.39, 0.29) is 41.0 Å². The molecule has 4 heterocycles. The summed E-state index contributed by atoms with van der Waals surface area (Å²) in [7, 11) is 0. The van der Waals surface area contributed by atoms with Crippen molar-refractivity contribution in [2.75, 3.05) is 29.9 Å². The van der Waals surface area contributed by atoms with Crippen LogP contribution in [-0.2, 0) is 6.18 Å². The summed E-state index contributed by atoms with van der Waals surface area (Å²) >= 11 is 0. The van der Waals surface area contributed by atoms with Gasteiger partial charge < -0.3 is 15.0 Å². The van der Waals surface area contributed by atoms with Crippen LogP contribution in [0.4, 0.5) is 46.9 Å². The van der Waals surface area contributed by atoms with Gasteiger partial charge in [-0.1, -0.05) is 0 Å². The number of rotatable bonds is 6. The van der Waals surface area contributed by atoms with Crippen LogP contribution in [0.5, 0.6) is 5.75 Å². The number of nitrogens with zero attached hydrogens (tertiary/aromatic N) is 6. The van der Waals surface area contributed by atoms with Crippen LogP contribution in [0.3, 0.4) is 0 Å². The van der Waals surface area contributed by atoms with Crippen LogP contribution in [0.25, 0.3) is 5.65 Å². The number of hydrogen-bond donors (Lipinski definition) is 1. The minimum Gasteiger partial charge on any atom is -0.483 e. The fraction of sp³-hybridized carbons (Fsp3) is 0.524. The first-order chi connectivity index (χ1) is 17.3. The molecule has 1 aliphatic carbocycles. The molecule has 5 rings (SSSR count). The van der Waals surface area contributed by atoms with E-state index in [0.717, 1.165) is 25.2 Å². The van der Waals surface area contributed by atoms with Gasteiger partial charge in [-0.05, 0) is 36.8 Å². The second-order valence-corrected chi connectivity index (χ2v) is 9.00. The van der Waals surface area contributed by atoms with E-state index in [2.05, 4.69) is 25.4 Å². The Morgan fingerprint density at radius 2 is 1.70 bits per heavy atom. The number of ether oxygens (including phenoxy) is 1. The Kier molecular flexibility index (Phi) is 6.02. The van der Waals surface area contributed by atoms with E-state index in [9.17, 15) is 35.1 Å². The van der Waals surface area contributed by atoms with Gasteiger partial charge in [-0.2, -0.15) is 40.1 Å². The fourth-order valence-corrected chi connectivity index (χ4v) is 4.78. The van der Waals surface area contributed by atoms with Crippen LogP contribution in [0.15, 0.2) is 30.7 Å². The standard InChI is InChI=1S/C21H19F8N7O/c22-19(23,21(27,28)29)9-37-13-2-1-5-36-17(13)33-18(34-36)32-16-11-3-4-12(16)8-35(7-11)15-6-14(20(24,25)26)30-10-31-15/h1-2,5-6,10-12,16H,3-4,7-9H2,(H,32,34)/t11-,12+,16-. The molecule has 16 heteroatoms. The lowest BCUT2D eigenvalue weighted by Gasteiger charge is -2.38. The molecule has 37 heavy (non-hydrogen) atoms. The van der Waals surface area contributed by atoms with Crippen molar-refractivity contribution in [3.8, 4) is 5.75 Å². The average Bonchev–Trinajstić information content (AvgIpc) is 3.32. The van der Waals surface area contributed by atoms with E-state index < -0.39 is 30.6 Å². The maximum absolute atomic E-state index is 13.3. The predicted molar refractivity (Wildman–Crippen MR) is 112 cm³/mol. The Morgan fingerprint density at radius 3 is 2.35 bits per heavy atom. The largest absolute Gasteiger partial charge is 0.483 e. The molecule has 1 saturated heterocycles. The third-order valence-corrected chi connectivity index (χ3v) is 6.55. The summed E-state index contributed by atoms with van der Waals surface area (Å²) < 4.78 is 109. The van der Waals surface area contributed by atoms with Crippen molar-refractivity contribution in [1.29, 1.82) is 0 Å². The first kappa shape index (κ1) is 25.2. The molecular weight excluding hydrogens is 518 g/mol. The highest BCUT2D eigenvalue weighted by Gasteiger charge is 2.58. The van der Waals surface area contributed by atoms with Crippen molar-refractivity contribution < 1.29 is 39.9 Å². The number of alkyl halides is 8. The van der Waals surface area contributed by atoms with Gasteiger partial charge >= 0.3 is 18.3 Å². The zero-order chi connectivity index (χ0) is 26.6. The molecule has 0 amide bonds. The van der Waals surface area contributed by atoms with E-state index in [0.29, 0.717) is 13.1 Å². The summed E-state index contributed by atoms with van der Waals surface area (Å²) in [5.41, 5.74) is -1.07. The first-order valence-electron chi connectivity index (χ1n) is 11.2. The number of nitrogens with one attached hydrogen (secondary N) is 1. The lowest BCUT2D eigenvalue weighted by Crippen LogP contribution is -2.48. The maximum atomic E-state index is 13.3. The summed E-state index contributed by atoms with van der Waals surface area (Å²) in [6, 6.07) is 3.36. The summed E-state index contributed by atoms with van der Waals surface area (Å²) in [6.45, 7) is -1.05. The summed E-state index contributed by atoms with van der Waals surface area (Å²) in [6.07, 6.45) is -6.43. The smallest absolute Gasteiger partial charge is 0.456 e. The van der Waals surface area contributed by atoms with E-state index in [4.69, 9.17) is 4.74 Å². The van der Waals surface area contributed by atoms with Crippen molar-refractivity contribution in [3.63, 3.8) is 0 Å². The van der Waals surface area contributed by atoms with Crippen LogP contribution in [0.2, 0.25) is 0 Å². The van der Waals surface area contributed by atoms with Crippen LogP contribution in [-0.4, -0.2) is 62.4 Å². The average molecular weight is 537 g/mol. The van der Waals surface area contributed by atoms with Gasteiger partial charge in [0.1, 0.15) is 17.8 Å². The van der Waals surface area contributed by atoms with Crippen LogP contribution >= 0.6 is 0 Å². The molecule has 3 atom stereocenters. The Labute approximate surface area is 203 Å². The summed E-state index contributed by atoms with van der Waals surface area (Å²) in [4.78, 5) is 13.3. The number of fused-ring (bicyclic) bond motifs is 3. The van der Waals surface area contributed by atoms with Gasteiger partial charge in [0.05, 0.1) is 0 Å². The monoisotopic (exact) mass is 537 g/mol. The van der Waals surface area contributed by atoms with Gasteiger partial charge in [-0.25, -0.2) is 14.5 Å². The fourth-order valence-electron chi connectivity index (χ4n) is 4.78. The minimum absolute atomic E-state index is 0.0239. The molecule has 2 fully saturated rings. The zero-order valence-electron chi connectivity index (χ0n) is 18.8. The predicted octanol–water partition coefficient (Wildman–Crippen LogP) is 4.44. The third-order valence-electron chi connectivity index (χ3n) is 6.55. The summed E-state index contributed by atoms with van der Waals surface area (Å²) in [5, 5.41) is 7.42. The summed E-state index contributed by atoms with van der Waals surface area (Å²) in [5.74, 6) is -4.99. The van der Waals surface area contributed by atoms with Crippen molar-refractivity contribution in [1.82, 2.24) is 24.6 Å². The van der Waals surface area contributed by atoms with E-state index >= 15 is 0 Å². The molecule has 0 unspecified atom stereocenters. The molecule has 0 spiro atoms.